The molecule has 0 radical (unpaired) electrons. The molecule has 0 spiro atoms. The van der Waals surface area contributed by atoms with E-state index in [1.165, 1.54) is 44.6 Å². The van der Waals surface area contributed by atoms with Crippen molar-refractivity contribution in [1.82, 2.24) is 0 Å². The van der Waals surface area contributed by atoms with E-state index in [-0.39, 0.29) is 23.0 Å². The van der Waals surface area contributed by atoms with Gasteiger partial charge in [0.25, 0.3) is 0 Å². The number of carbonyl (C=O) groups excluding carboxylic acids is 2. The van der Waals surface area contributed by atoms with E-state index < -0.39 is 110 Å². The highest BCUT2D eigenvalue weighted by Gasteiger charge is 2.65. The average molecular weight is 695 g/mol. The van der Waals surface area contributed by atoms with E-state index in [1.54, 1.807) is 6.07 Å². The molecule has 3 heterocycles. The SMILES string of the molecule is COc1cc([C@@H]2[C@H]3C(=O)O[C@H]4[C@H](O)[C@@H](COC(=O)[C@H]3[C@@H]2c2ccc(O)c(OC)c2)O[C@@]4(CO)O[C@H]2O[C@H](CO)[C@@H](O)[C@H](O)[C@H]2O)ccc1O. The summed E-state index contributed by atoms with van der Waals surface area (Å²) in [5.74, 6) is -8.62. The van der Waals surface area contributed by atoms with E-state index >= 15 is 0 Å². The Morgan fingerprint density at radius 3 is 1.88 bits per heavy atom. The Labute approximate surface area is 278 Å². The Hall–Kier alpha value is -3.78. The van der Waals surface area contributed by atoms with Crippen LogP contribution < -0.4 is 9.47 Å². The number of phenolic OH excluding ortho intramolecular Hbond substituents is 2. The summed E-state index contributed by atoms with van der Waals surface area (Å²) in [6.45, 7) is -2.50. The summed E-state index contributed by atoms with van der Waals surface area (Å²) in [6, 6.07) is 8.82. The van der Waals surface area contributed by atoms with Crippen molar-refractivity contribution < 1.29 is 83.6 Å². The second-order valence-corrected chi connectivity index (χ2v) is 12.4. The predicted octanol–water partition coefficient (Wildman–Crippen LogP) is -2.04. The van der Waals surface area contributed by atoms with Crippen molar-refractivity contribution >= 4 is 11.9 Å². The molecule has 4 fully saturated rings. The summed E-state index contributed by atoms with van der Waals surface area (Å²) in [6.07, 6.45) is -13.8. The smallest absolute Gasteiger partial charge is 0.311 e. The summed E-state index contributed by atoms with van der Waals surface area (Å²) in [5, 5.41) is 83.1. The van der Waals surface area contributed by atoms with Gasteiger partial charge in [0.1, 0.15) is 49.8 Å². The third-order valence-corrected chi connectivity index (χ3v) is 9.76. The molecule has 13 atom stereocenters. The Bertz CT molecular complexity index is 1550. The predicted molar refractivity (Wildman–Crippen MR) is 158 cm³/mol. The fourth-order valence-electron chi connectivity index (χ4n) is 7.19. The zero-order chi connectivity index (χ0) is 35.4. The summed E-state index contributed by atoms with van der Waals surface area (Å²) < 4.78 is 39.0. The minimum Gasteiger partial charge on any atom is -0.504 e. The van der Waals surface area contributed by atoms with Gasteiger partial charge in [-0.25, -0.2) is 0 Å². The molecule has 17 nitrogen and oxygen atoms in total. The van der Waals surface area contributed by atoms with Gasteiger partial charge in [-0.05, 0) is 35.4 Å². The number of hydrogen-bond acceptors (Lipinski definition) is 17. The maximum Gasteiger partial charge on any atom is 0.311 e. The summed E-state index contributed by atoms with van der Waals surface area (Å²) in [7, 11) is 2.68. The number of hydrogen-bond donors (Lipinski definition) is 8. The lowest BCUT2D eigenvalue weighted by atomic mass is 9.52. The molecule has 4 aliphatic rings. The number of ether oxygens (including phenoxy) is 7. The molecular weight excluding hydrogens is 656 g/mol. The number of aliphatic hydroxyl groups is 6. The number of carbonyl (C=O) groups is 2. The van der Waals surface area contributed by atoms with Gasteiger partial charge in [0.15, 0.2) is 35.4 Å². The van der Waals surface area contributed by atoms with Crippen molar-refractivity contribution in [3.05, 3.63) is 47.5 Å². The van der Waals surface area contributed by atoms with Crippen LogP contribution in [0.25, 0.3) is 0 Å². The van der Waals surface area contributed by atoms with Gasteiger partial charge >= 0.3 is 11.9 Å². The number of aromatic hydroxyl groups is 2. The van der Waals surface area contributed by atoms with Gasteiger partial charge in [0.2, 0.25) is 5.79 Å². The van der Waals surface area contributed by atoms with E-state index in [1.807, 2.05) is 0 Å². The number of phenols is 2. The van der Waals surface area contributed by atoms with Crippen LogP contribution in [0.5, 0.6) is 23.0 Å². The second kappa shape index (κ2) is 13.5. The molecule has 6 rings (SSSR count). The van der Waals surface area contributed by atoms with Crippen LogP contribution in [0.4, 0.5) is 0 Å². The van der Waals surface area contributed by atoms with Gasteiger partial charge in [-0.15, -0.1) is 0 Å². The molecule has 1 saturated carbocycles. The topological polar surface area (TPSA) is 261 Å². The van der Waals surface area contributed by atoms with E-state index in [4.69, 9.17) is 33.2 Å². The lowest BCUT2D eigenvalue weighted by Gasteiger charge is -2.50. The summed E-state index contributed by atoms with van der Waals surface area (Å²) in [5.41, 5.74) is 0.937. The highest BCUT2D eigenvalue weighted by Crippen LogP contribution is 2.60. The Kier molecular flexibility index (Phi) is 9.66. The van der Waals surface area contributed by atoms with Gasteiger partial charge in [-0.3, -0.25) is 9.59 Å². The third kappa shape index (κ3) is 5.84. The van der Waals surface area contributed by atoms with Crippen LogP contribution in [0.2, 0.25) is 0 Å². The maximum atomic E-state index is 14.2. The molecule has 2 aromatic rings. The van der Waals surface area contributed by atoms with Crippen molar-refractivity contribution in [2.75, 3.05) is 34.0 Å². The molecule has 8 N–H and O–H groups in total. The molecule has 2 aromatic carbocycles. The molecule has 3 saturated heterocycles. The highest BCUT2D eigenvalue weighted by atomic mass is 16.8. The van der Waals surface area contributed by atoms with Crippen LogP contribution in [0.1, 0.15) is 23.0 Å². The zero-order valence-electron chi connectivity index (χ0n) is 26.3. The van der Waals surface area contributed by atoms with E-state index in [0.29, 0.717) is 11.1 Å². The number of fused-ring (bicyclic) bond motifs is 3. The van der Waals surface area contributed by atoms with Crippen LogP contribution in [0, 0.1) is 11.8 Å². The molecule has 17 heteroatoms. The molecule has 3 aliphatic heterocycles. The monoisotopic (exact) mass is 694 g/mol. The molecule has 2 bridgehead atoms. The molecule has 1 aliphatic carbocycles. The van der Waals surface area contributed by atoms with E-state index in [9.17, 15) is 50.4 Å². The number of methoxy groups -OCH3 is 2. The van der Waals surface area contributed by atoms with E-state index in [2.05, 4.69) is 0 Å². The van der Waals surface area contributed by atoms with Crippen molar-refractivity contribution in [3.63, 3.8) is 0 Å². The third-order valence-electron chi connectivity index (χ3n) is 9.76. The van der Waals surface area contributed by atoms with Gasteiger partial charge in [-0.1, -0.05) is 12.1 Å². The normalized spacial score (nSPS) is 38.9. The van der Waals surface area contributed by atoms with Gasteiger partial charge < -0.3 is 74.0 Å². The summed E-state index contributed by atoms with van der Waals surface area (Å²) in [4.78, 5) is 28.0. The number of benzene rings is 2. The van der Waals surface area contributed by atoms with Crippen molar-refractivity contribution in [2.45, 2.75) is 66.6 Å². The standard InChI is InChI=1S/C32H38O17/c1-43-16-7-12(3-5-14(16)35)20-21(13-4-6-15(36)17(8-13)44-2)23-22(20)29(41)45-10-19-25(38)28(47-30(23)42)32(11-34,48-19)49-31-27(40)26(39)24(37)18(9-33)46-31/h3-8,18-28,31,33-40H,9-11H2,1-2H3/t18-,19-,20-,21+,22+,23-,24-,25-,26+,27-,28+,31-,32+/m1/s1. The number of aliphatic hydroxyl groups excluding tert-OH is 6. The highest BCUT2D eigenvalue weighted by molar-refractivity contribution is 5.87. The van der Waals surface area contributed by atoms with Crippen molar-refractivity contribution in [3.8, 4) is 23.0 Å². The fraction of sp³-hybridized carbons (Fsp3) is 0.562. The molecule has 49 heavy (non-hydrogen) atoms. The first-order chi connectivity index (χ1) is 23.4. The Morgan fingerprint density at radius 1 is 0.776 bits per heavy atom. The van der Waals surface area contributed by atoms with Crippen molar-refractivity contribution in [2.24, 2.45) is 11.8 Å². The lowest BCUT2D eigenvalue weighted by molar-refractivity contribution is -0.383. The minimum atomic E-state index is -2.45. The van der Waals surface area contributed by atoms with Gasteiger partial charge in [-0.2, -0.15) is 0 Å². The molecular formula is C32H38O17. The Balaban J connectivity index is 1.39. The van der Waals surface area contributed by atoms with Crippen LogP contribution in [0.3, 0.4) is 0 Å². The van der Waals surface area contributed by atoms with Gasteiger partial charge in [0, 0.05) is 11.8 Å². The summed E-state index contributed by atoms with van der Waals surface area (Å²) >= 11 is 0. The van der Waals surface area contributed by atoms with Crippen LogP contribution in [-0.4, -0.2) is 142 Å². The lowest BCUT2D eigenvalue weighted by Crippen LogP contribution is -2.63. The van der Waals surface area contributed by atoms with Crippen molar-refractivity contribution in [1.29, 1.82) is 0 Å². The first-order valence-corrected chi connectivity index (χ1v) is 15.5. The van der Waals surface area contributed by atoms with Crippen LogP contribution in [-0.2, 0) is 33.3 Å². The number of rotatable bonds is 8. The second-order valence-electron chi connectivity index (χ2n) is 12.4. The minimum absolute atomic E-state index is 0.0773. The molecule has 268 valence electrons. The van der Waals surface area contributed by atoms with Gasteiger partial charge in [0.05, 0.1) is 32.7 Å². The molecule has 0 amide bonds. The fourth-order valence-corrected chi connectivity index (χ4v) is 7.19. The first kappa shape index (κ1) is 35.1. The Morgan fingerprint density at radius 2 is 1.35 bits per heavy atom. The molecule has 0 aromatic heterocycles. The first-order valence-electron chi connectivity index (χ1n) is 15.5. The number of cyclic esters (lactones) is 1. The zero-order valence-corrected chi connectivity index (χ0v) is 26.3. The largest absolute Gasteiger partial charge is 0.504 e. The quantitative estimate of drug-likeness (QED) is 0.138. The average Bonchev–Trinajstić information content (AvgIpc) is 3.33. The number of esters is 2. The molecule has 0 unspecified atom stereocenters. The maximum absolute atomic E-state index is 14.2. The van der Waals surface area contributed by atoms with E-state index in [0.717, 1.165) is 0 Å². The van der Waals surface area contributed by atoms with Crippen LogP contribution >= 0.6 is 0 Å². The van der Waals surface area contributed by atoms with Crippen LogP contribution in [0.15, 0.2) is 36.4 Å².